The maximum Gasteiger partial charge on any atom is 0.409 e. The molecule has 1 N–H and O–H groups in total. The van der Waals surface area contributed by atoms with Gasteiger partial charge < -0.3 is 19.9 Å². The van der Waals surface area contributed by atoms with E-state index >= 15 is 0 Å². The first-order chi connectivity index (χ1) is 8.69. The molecule has 0 unspecified atom stereocenters. The van der Waals surface area contributed by atoms with Gasteiger partial charge in [0.05, 0.1) is 13.2 Å². The fourth-order valence-corrected chi connectivity index (χ4v) is 1.80. The summed E-state index contributed by atoms with van der Waals surface area (Å²) in [5, 5.41) is 2.84. The Hall–Kier alpha value is -1.30. The number of amides is 2. The van der Waals surface area contributed by atoms with Crippen LogP contribution in [0.3, 0.4) is 0 Å². The SMILES string of the molecule is CCCCOC(=O)N1CCN(C(=O)CNC)CC1. The molecular weight excluding hydrogens is 234 g/mol. The van der Waals surface area contributed by atoms with Gasteiger partial charge in [0, 0.05) is 26.2 Å². The van der Waals surface area contributed by atoms with Crippen molar-refractivity contribution in [2.45, 2.75) is 19.8 Å². The Bertz CT molecular complexity index is 276. The number of nitrogens with zero attached hydrogens (tertiary/aromatic N) is 2. The van der Waals surface area contributed by atoms with Crippen LogP contribution < -0.4 is 5.32 Å². The molecule has 1 saturated heterocycles. The summed E-state index contributed by atoms with van der Waals surface area (Å²) in [7, 11) is 1.75. The first-order valence-corrected chi connectivity index (χ1v) is 6.53. The summed E-state index contributed by atoms with van der Waals surface area (Å²) in [6.07, 6.45) is 1.65. The van der Waals surface area contributed by atoms with E-state index in [0.717, 1.165) is 12.8 Å². The highest BCUT2D eigenvalue weighted by Gasteiger charge is 2.24. The average molecular weight is 257 g/mol. The fourth-order valence-electron chi connectivity index (χ4n) is 1.80. The minimum atomic E-state index is -0.260. The first-order valence-electron chi connectivity index (χ1n) is 6.53. The highest BCUT2D eigenvalue weighted by Crippen LogP contribution is 2.04. The second-order valence-corrected chi connectivity index (χ2v) is 4.37. The van der Waals surface area contributed by atoms with Gasteiger partial charge in [0.15, 0.2) is 0 Å². The smallest absolute Gasteiger partial charge is 0.409 e. The third kappa shape index (κ3) is 4.52. The van der Waals surface area contributed by atoms with Crippen LogP contribution in [-0.2, 0) is 9.53 Å². The minimum Gasteiger partial charge on any atom is -0.449 e. The molecule has 0 saturated carbocycles. The van der Waals surface area contributed by atoms with E-state index in [1.54, 1.807) is 16.8 Å². The van der Waals surface area contributed by atoms with Crippen LogP contribution in [0.5, 0.6) is 0 Å². The number of rotatable bonds is 5. The largest absolute Gasteiger partial charge is 0.449 e. The van der Waals surface area contributed by atoms with E-state index in [2.05, 4.69) is 12.2 Å². The van der Waals surface area contributed by atoms with Crippen LogP contribution in [0.15, 0.2) is 0 Å². The fraction of sp³-hybridized carbons (Fsp3) is 0.833. The van der Waals surface area contributed by atoms with Gasteiger partial charge in [0.1, 0.15) is 0 Å². The van der Waals surface area contributed by atoms with Crippen molar-refractivity contribution in [3.63, 3.8) is 0 Å². The number of carbonyl (C=O) groups excluding carboxylic acids is 2. The van der Waals surface area contributed by atoms with Crippen LogP contribution in [0.1, 0.15) is 19.8 Å². The van der Waals surface area contributed by atoms with Gasteiger partial charge in [-0.25, -0.2) is 4.79 Å². The Balaban J connectivity index is 2.26. The number of nitrogens with one attached hydrogen (secondary N) is 1. The lowest BCUT2D eigenvalue weighted by Crippen LogP contribution is -2.52. The van der Waals surface area contributed by atoms with E-state index in [9.17, 15) is 9.59 Å². The summed E-state index contributed by atoms with van der Waals surface area (Å²) in [4.78, 5) is 26.7. The normalized spacial score (nSPS) is 15.7. The molecule has 0 bridgehead atoms. The zero-order valence-corrected chi connectivity index (χ0v) is 11.3. The van der Waals surface area contributed by atoms with E-state index in [0.29, 0.717) is 39.3 Å². The maximum absolute atomic E-state index is 11.7. The highest BCUT2D eigenvalue weighted by atomic mass is 16.6. The second-order valence-electron chi connectivity index (χ2n) is 4.37. The molecule has 2 amide bonds. The van der Waals surface area contributed by atoms with Gasteiger partial charge in [-0.05, 0) is 13.5 Å². The van der Waals surface area contributed by atoms with Crippen molar-refractivity contribution in [1.82, 2.24) is 15.1 Å². The van der Waals surface area contributed by atoms with Gasteiger partial charge in [0.25, 0.3) is 0 Å². The van der Waals surface area contributed by atoms with Gasteiger partial charge in [-0.2, -0.15) is 0 Å². The van der Waals surface area contributed by atoms with Crippen molar-refractivity contribution in [3.05, 3.63) is 0 Å². The molecule has 0 radical (unpaired) electrons. The molecule has 1 aliphatic heterocycles. The Labute approximate surface area is 108 Å². The number of hydrogen-bond donors (Lipinski definition) is 1. The highest BCUT2D eigenvalue weighted by molar-refractivity contribution is 5.78. The molecule has 1 fully saturated rings. The third-order valence-corrected chi connectivity index (χ3v) is 2.94. The topological polar surface area (TPSA) is 61.9 Å². The lowest BCUT2D eigenvalue weighted by Gasteiger charge is -2.34. The van der Waals surface area contributed by atoms with Gasteiger partial charge >= 0.3 is 6.09 Å². The number of unbranched alkanes of at least 4 members (excludes halogenated alkanes) is 1. The summed E-state index contributed by atoms with van der Waals surface area (Å²) in [5.74, 6) is 0.0801. The zero-order chi connectivity index (χ0) is 13.4. The molecular formula is C12H23N3O3. The molecule has 6 nitrogen and oxygen atoms in total. The molecule has 0 aromatic rings. The van der Waals surface area contributed by atoms with Crippen molar-refractivity contribution in [2.75, 3.05) is 46.4 Å². The number of likely N-dealkylation sites (N-methyl/N-ethyl adjacent to an activating group) is 1. The van der Waals surface area contributed by atoms with Gasteiger partial charge in [-0.3, -0.25) is 4.79 Å². The van der Waals surface area contributed by atoms with Gasteiger partial charge in [0.2, 0.25) is 5.91 Å². The summed E-state index contributed by atoms with van der Waals surface area (Å²) in [5.41, 5.74) is 0. The number of carbonyl (C=O) groups is 2. The zero-order valence-electron chi connectivity index (χ0n) is 11.3. The molecule has 18 heavy (non-hydrogen) atoms. The Morgan fingerprint density at radius 1 is 1.17 bits per heavy atom. The van der Waals surface area contributed by atoms with Gasteiger partial charge in [-0.15, -0.1) is 0 Å². The molecule has 6 heteroatoms. The van der Waals surface area contributed by atoms with Crippen molar-refractivity contribution < 1.29 is 14.3 Å². The number of ether oxygens (including phenoxy) is 1. The van der Waals surface area contributed by atoms with Crippen LogP contribution in [-0.4, -0.2) is 68.2 Å². The van der Waals surface area contributed by atoms with Crippen LogP contribution in [0, 0.1) is 0 Å². The van der Waals surface area contributed by atoms with Gasteiger partial charge in [-0.1, -0.05) is 13.3 Å². The first kappa shape index (κ1) is 14.8. The standard InChI is InChI=1S/C12H23N3O3/c1-3-4-9-18-12(17)15-7-5-14(6-8-15)11(16)10-13-2/h13H,3-10H2,1-2H3. The lowest BCUT2D eigenvalue weighted by molar-refractivity contribution is -0.131. The second kappa shape index (κ2) is 7.92. The molecule has 0 atom stereocenters. The van der Waals surface area contributed by atoms with Crippen molar-refractivity contribution >= 4 is 12.0 Å². The summed E-state index contributed by atoms with van der Waals surface area (Å²) in [6.45, 7) is 5.17. The summed E-state index contributed by atoms with van der Waals surface area (Å²) < 4.78 is 5.14. The Kier molecular flexibility index (Phi) is 6.49. The molecule has 0 aromatic heterocycles. The Morgan fingerprint density at radius 2 is 1.78 bits per heavy atom. The van der Waals surface area contributed by atoms with E-state index in [1.807, 2.05) is 0 Å². The molecule has 104 valence electrons. The van der Waals surface area contributed by atoms with Crippen molar-refractivity contribution in [2.24, 2.45) is 0 Å². The summed E-state index contributed by atoms with van der Waals surface area (Å²) >= 11 is 0. The van der Waals surface area contributed by atoms with E-state index in [1.165, 1.54) is 0 Å². The minimum absolute atomic E-state index is 0.0801. The lowest BCUT2D eigenvalue weighted by atomic mass is 10.3. The molecule has 0 aromatic carbocycles. The van der Waals surface area contributed by atoms with E-state index < -0.39 is 0 Å². The average Bonchev–Trinajstić information content (AvgIpc) is 2.39. The predicted molar refractivity (Wildman–Crippen MR) is 68.3 cm³/mol. The molecule has 1 aliphatic rings. The van der Waals surface area contributed by atoms with Crippen LogP contribution in [0.4, 0.5) is 4.79 Å². The van der Waals surface area contributed by atoms with E-state index in [4.69, 9.17) is 4.74 Å². The molecule has 0 aliphatic carbocycles. The van der Waals surface area contributed by atoms with Crippen LogP contribution >= 0.6 is 0 Å². The Morgan fingerprint density at radius 3 is 2.33 bits per heavy atom. The molecule has 1 rings (SSSR count). The van der Waals surface area contributed by atoms with E-state index in [-0.39, 0.29) is 12.0 Å². The number of hydrogen-bond acceptors (Lipinski definition) is 4. The summed E-state index contributed by atoms with van der Waals surface area (Å²) in [6, 6.07) is 0. The van der Waals surface area contributed by atoms with Crippen molar-refractivity contribution in [1.29, 1.82) is 0 Å². The number of piperazine rings is 1. The molecule has 1 heterocycles. The maximum atomic E-state index is 11.7. The van der Waals surface area contributed by atoms with Crippen LogP contribution in [0.25, 0.3) is 0 Å². The quantitative estimate of drug-likeness (QED) is 0.719. The monoisotopic (exact) mass is 257 g/mol. The van der Waals surface area contributed by atoms with Crippen molar-refractivity contribution in [3.8, 4) is 0 Å². The molecule has 0 spiro atoms. The predicted octanol–water partition coefficient (Wildman–Crippen LogP) is 0.287. The third-order valence-electron chi connectivity index (χ3n) is 2.94. The van der Waals surface area contributed by atoms with Crippen LogP contribution in [0.2, 0.25) is 0 Å².